The molecule has 1 aliphatic rings. The molecular weight excluding hydrogens is 234 g/mol. The number of nitrogens with one attached hydrogen (secondary N) is 2. The van der Waals surface area contributed by atoms with E-state index in [1.807, 2.05) is 0 Å². The summed E-state index contributed by atoms with van der Waals surface area (Å²) in [6, 6.07) is 1.74. The minimum atomic E-state index is -0.312. The average molecular weight is 249 g/mol. The van der Waals surface area contributed by atoms with Gasteiger partial charge in [0, 0.05) is 12.6 Å². The zero-order valence-electron chi connectivity index (χ0n) is 10.1. The smallest absolute Gasteiger partial charge is 0.246 e. The van der Waals surface area contributed by atoms with E-state index in [2.05, 4.69) is 27.5 Å². The number of carbonyl (C=O) groups excluding carboxylic acids is 2. The Morgan fingerprint density at radius 1 is 1.33 bits per heavy atom. The van der Waals surface area contributed by atoms with Crippen molar-refractivity contribution in [1.82, 2.24) is 15.3 Å². The molecule has 0 radical (unpaired) electrons. The fourth-order valence-electron chi connectivity index (χ4n) is 1.67. The van der Waals surface area contributed by atoms with Crippen LogP contribution in [0.2, 0.25) is 0 Å². The van der Waals surface area contributed by atoms with Gasteiger partial charge >= 0.3 is 0 Å². The SMILES string of the molecule is CCCNc1cc(N2CC(=O)NC(=O)C2)ncn1. The highest BCUT2D eigenvalue weighted by Crippen LogP contribution is 2.14. The molecule has 1 aliphatic heterocycles. The van der Waals surface area contributed by atoms with Crippen LogP contribution in [0.1, 0.15) is 13.3 Å². The molecule has 7 nitrogen and oxygen atoms in total. The van der Waals surface area contributed by atoms with Gasteiger partial charge in [-0.05, 0) is 6.42 Å². The highest BCUT2D eigenvalue weighted by molar-refractivity contribution is 6.02. The normalized spacial score (nSPS) is 15.5. The van der Waals surface area contributed by atoms with E-state index in [-0.39, 0.29) is 24.9 Å². The molecule has 1 fully saturated rings. The topological polar surface area (TPSA) is 87.2 Å². The third kappa shape index (κ3) is 2.93. The summed E-state index contributed by atoms with van der Waals surface area (Å²) in [6.45, 7) is 3.14. The van der Waals surface area contributed by atoms with Gasteiger partial charge in [0.1, 0.15) is 18.0 Å². The van der Waals surface area contributed by atoms with Crippen LogP contribution in [0.5, 0.6) is 0 Å². The first-order valence-electron chi connectivity index (χ1n) is 5.82. The van der Waals surface area contributed by atoms with Crippen molar-refractivity contribution in [3.8, 4) is 0 Å². The van der Waals surface area contributed by atoms with Crippen molar-refractivity contribution < 1.29 is 9.59 Å². The van der Waals surface area contributed by atoms with E-state index in [0.717, 1.165) is 13.0 Å². The third-order valence-electron chi connectivity index (χ3n) is 2.48. The monoisotopic (exact) mass is 249 g/mol. The van der Waals surface area contributed by atoms with Crippen molar-refractivity contribution in [1.29, 1.82) is 0 Å². The van der Waals surface area contributed by atoms with Crippen LogP contribution in [0.3, 0.4) is 0 Å². The number of aromatic nitrogens is 2. The second-order valence-corrected chi connectivity index (χ2v) is 4.02. The lowest BCUT2D eigenvalue weighted by molar-refractivity contribution is -0.130. The lowest BCUT2D eigenvalue weighted by Crippen LogP contribution is -2.51. The largest absolute Gasteiger partial charge is 0.370 e. The van der Waals surface area contributed by atoms with E-state index >= 15 is 0 Å². The number of carbonyl (C=O) groups is 2. The number of anilines is 2. The summed E-state index contributed by atoms with van der Waals surface area (Å²) < 4.78 is 0. The molecule has 18 heavy (non-hydrogen) atoms. The molecular formula is C11H15N5O2. The van der Waals surface area contributed by atoms with Crippen LogP contribution in [-0.4, -0.2) is 41.4 Å². The van der Waals surface area contributed by atoms with Crippen molar-refractivity contribution in [3.05, 3.63) is 12.4 Å². The Balaban J connectivity index is 2.12. The Morgan fingerprint density at radius 3 is 2.72 bits per heavy atom. The summed E-state index contributed by atoms with van der Waals surface area (Å²) in [7, 11) is 0. The number of imide groups is 1. The van der Waals surface area contributed by atoms with Gasteiger partial charge in [-0.2, -0.15) is 0 Å². The molecule has 0 aromatic carbocycles. The quantitative estimate of drug-likeness (QED) is 0.716. The number of nitrogens with zero attached hydrogens (tertiary/aromatic N) is 3. The molecule has 1 aromatic heterocycles. The van der Waals surface area contributed by atoms with E-state index in [1.165, 1.54) is 6.33 Å². The lowest BCUT2D eigenvalue weighted by atomic mass is 10.3. The maximum absolute atomic E-state index is 11.3. The molecule has 0 aliphatic carbocycles. The molecule has 0 spiro atoms. The number of amides is 2. The fraction of sp³-hybridized carbons (Fsp3) is 0.455. The second-order valence-electron chi connectivity index (χ2n) is 4.02. The molecule has 2 rings (SSSR count). The fourth-order valence-corrected chi connectivity index (χ4v) is 1.67. The Hall–Kier alpha value is -2.18. The molecule has 2 N–H and O–H groups in total. The van der Waals surface area contributed by atoms with Crippen LogP contribution in [-0.2, 0) is 9.59 Å². The van der Waals surface area contributed by atoms with Gasteiger partial charge in [-0.1, -0.05) is 6.92 Å². The van der Waals surface area contributed by atoms with Crippen molar-refractivity contribution in [2.45, 2.75) is 13.3 Å². The molecule has 7 heteroatoms. The van der Waals surface area contributed by atoms with E-state index in [1.54, 1.807) is 11.0 Å². The molecule has 2 amide bonds. The minimum Gasteiger partial charge on any atom is -0.370 e. The van der Waals surface area contributed by atoms with E-state index in [9.17, 15) is 9.59 Å². The van der Waals surface area contributed by atoms with E-state index < -0.39 is 0 Å². The standard InChI is InChI=1S/C11H15N5O2/c1-2-3-12-8-4-9(14-7-13-8)16-5-10(17)15-11(18)6-16/h4,7H,2-3,5-6H2,1H3,(H,12,13,14)(H,15,17,18). The third-order valence-corrected chi connectivity index (χ3v) is 2.48. The van der Waals surface area contributed by atoms with Gasteiger partial charge in [-0.15, -0.1) is 0 Å². The van der Waals surface area contributed by atoms with Crippen molar-refractivity contribution >= 4 is 23.5 Å². The zero-order valence-corrected chi connectivity index (χ0v) is 10.1. The Labute approximate surface area is 105 Å². The number of hydrogen-bond acceptors (Lipinski definition) is 6. The summed E-state index contributed by atoms with van der Waals surface area (Å²) in [6.07, 6.45) is 2.41. The Kier molecular flexibility index (Phi) is 3.71. The van der Waals surface area contributed by atoms with Gasteiger partial charge in [-0.3, -0.25) is 14.9 Å². The zero-order chi connectivity index (χ0) is 13.0. The van der Waals surface area contributed by atoms with Crippen LogP contribution in [0.4, 0.5) is 11.6 Å². The average Bonchev–Trinajstić information content (AvgIpc) is 2.35. The highest BCUT2D eigenvalue weighted by Gasteiger charge is 2.23. The van der Waals surface area contributed by atoms with Crippen LogP contribution in [0, 0.1) is 0 Å². The lowest BCUT2D eigenvalue weighted by Gasteiger charge is -2.26. The molecule has 0 unspecified atom stereocenters. The Morgan fingerprint density at radius 2 is 2.06 bits per heavy atom. The van der Waals surface area contributed by atoms with Crippen LogP contribution >= 0.6 is 0 Å². The first-order valence-corrected chi connectivity index (χ1v) is 5.82. The van der Waals surface area contributed by atoms with Gasteiger partial charge in [0.05, 0.1) is 13.1 Å². The van der Waals surface area contributed by atoms with E-state index in [0.29, 0.717) is 11.6 Å². The predicted molar refractivity (Wildman–Crippen MR) is 66.2 cm³/mol. The first-order chi connectivity index (χ1) is 8.69. The molecule has 0 saturated carbocycles. The molecule has 2 heterocycles. The summed E-state index contributed by atoms with van der Waals surface area (Å²) >= 11 is 0. The van der Waals surface area contributed by atoms with Gasteiger partial charge in [0.2, 0.25) is 11.8 Å². The summed E-state index contributed by atoms with van der Waals surface area (Å²) in [4.78, 5) is 32.3. The van der Waals surface area contributed by atoms with Crippen LogP contribution < -0.4 is 15.5 Å². The van der Waals surface area contributed by atoms with Crippen molar-refractivity contribution in [3.63, 3.8) is 0 Å². The van der Waals surface area contributed by atoms with Gasteiger partial charge in [0.25, 0.3) is 0 Å². The summed E-state index contributed by atoms with van der Waals surface area (Å²) in [5, 5.41) is 5.38. The molecule has 0 bridgehead atoms. The van der Waals surface area contributed by atoms with Crippen LogP contribution in [0.15, 0.2) is 12.4 Å². The molecule has 1 saturated heterocycles. The second kappa shape index (κ2) is 5.44. The van der Waals surface area contributed by atoms with Crippen LogP contribution in [0.25, 0.3) is 0 Å². The number of rotatable bonds is 4. The maximum Gasteiger partial charge on any atom is 0.246 e. The van der Waals surface area contributed by atoms with Gasteiger partial charge in [-0.25, -0.2) is 9.97 Å². The Bertz CT molecular complexity index is 447. The minimum absolute atomic E-state index is 0.135. The number of hydrogen-bond donors (Lipinski definition) is 2. The molecule has 1 aromatic rings. The predicted octanol–water partition coefficient (Wildman–Crippen LogP) is -0.239. The van der Waals surface area contributed by atoms with E-state index in [4.69, 9.17) is 0 Å². The molecule has 96 valence electrons. The maximum atomic E-state index is 11.3. The first kappa shape index (κ1) is 12.3. The highest BCUT2D eigenvalue weighted by atomic mass is 16.2. The van der Waals surface area contributed by atoms with Gasteiger partial charge in [0.15, 0.2) is 0 Å². The summed E-state index contributed by atoms with van der Waals surface area (Å²) in [5.41, 5.74) is 0. The van der Waals surface area contributed by atoms with Crippen molar-refractivity contribution in [2.75, 3.05) is 29.9 Å². The van der Waals surface area contributed by atoms with Gasteiger partial charge < -0.3 is 10.2 Å². The molecule has 0 atom stereocenters. The van der Waals surface area contributed by atoms with Crippen molar-refractivity contribution in [2.24, 2.45) is 0 Å². The summed E-state index contributed by atoms with van der Waals surface area (Å²) in [5.74, 6) is 0.646. The number of piperazine rings is 1.